The van der Waals surface area contributed by atoms with E-state index >= 15 is 0 Å². The molecule has 0 fully saturated rings. The summed E-state index contributed by atoms with van der Waals surface area (Å²) in [6.07, 6.45) is 3.51. The molecule has 0 aliphatic rings. The number of aryl methyl sites for hydroxylation is 1. The number of hydrogen-bond donors (Lipinski definition) is 1. The van der Waals surface area contributed by atoms with Gasteiger partial charge < -0.3 is 10.2 Å². The van der Waals surface area contributed by atoms with Crippen LogP contribution in [0.3, 0.4) is 0 Å². The molecule has 1 aromatic heterocycles. The van der Waals surface area contributed by atoms with Gasteiger partial charge in [-0.05, 0) is 24.6 Å². The topological polar surface area (TPSA) is 50.2 Å². The van der Waals surface area contributed by atoms with E-state index in [1.54, 1.807) is 31.9 Å². The third-order valence-corrected chi connectivity index (χ3v) is 3.31. The molecule has 0 aliphatic heterocycles. The molecular weight excluding hydrogens is 290 g/mol. The molecule has 118 valence electrons. The standard InChI is InChI=1S/C15H18F2N4O/c1-10(12-4-5-13(16)14(17)6-12)19-15(22)20(2)8-11-7-18-21(3)9-11/h4-7,9-10H,8H2,1-3H3,(H,19,22). The largest absolute Gasteiger partial charge is 0.331 e. The van der Waals surface area contributed by atoms with Crippen LogP contribution >= 0.6 is 0 Å². The zero-order chi connectivity index (χ0) is 16.3. The molecule has 0 saturated carbocycles. The Hall–Kier alpha value is -2.44. The lowest BCUT2D eigenvalue weighted by atomic mass is 10.1. The van der Waals surface area contributed by atoms with Gasteiger partial charge in [-0.25, -0.2) is 13.6 Å². The number of hydrogen-bond acceptors (Lipinski definition) is 2. The molecule has 0 saturated heterocycles. The first kappa shape index (κ1) is 15.9. The molecular formula is C15H18F2N4O. The van der Waals surface area contributed by atoms with E-state index in [4.69, 9.17) is 0 Å². The smallest absolute Gasteiger partial charge is 0.317 e. The van der Waals surface area contributed by atoms with Gasteiger partial charge in [-0.2, -0.15) is 5.10 Å². The molecule has 0 spiro atoms. The SMILES string of the molecule is CC(NC(=O)N(C)Cc1cnn(C)c1)c1ccc(F)c(F)c1. The predicted molar refractivity (Wildman–Crippen MR) is 78.0 cm³/mol. The second kappa shape index (κ2) is 6.55. The molecule has 7 heteroatoms. The summed E-state index contributed by atoms with van der Waals surface area (Å²) in [7, 11) is 3.45. The fourth-order valence-electron chi connectivity index (χ4n) is 2.06. The highest BCUT2D eigenvalue weighted by molar-refractivity contribution is 5.74. The zero-order valence-electron chi connectivity index (χ0n) is 12.7. The highest BCUT2D eigenvalue weighted by Crippen LogP contribution is 2.16. The lowest BCUT2D eigenvalue weighted by molar-refractivity contribution is 0.203. The summed E-state index contributed by atoms with van der Waals surface area (Å²) in [5, 5.41) is 6.78. The Kier molecular flexibility index (Phi) is 4.75. The summed E-state index contributed by atoms with van der Waals surface area (Å²) in [5.74, 6) is -1.83. The van der Waals surface area contributed by atoms with Crippen molar-refractivity contribution in [3.63, 3.8) is 0 Å². The number of amides is 2. The Balaban J connectivity index is 1.96. The molecule has 1 N–H and O–H groups in total. The normalized spacial score (nSPS) is 12.0. The van der Waals surface area contributed by atoms with Crippen molar-refractivity contribution in [2.45, 2.75) is 19.5 Å². The molecule has 2 rings (SSSR count). The van der Waals surface area contributed by atoms with Crippen LogP contribution in [0, 0.1) is 11.6 Å². The van der Waals surface area contributed by atoms with Crippen molar-refractivity contribution >= 4 is 6.03 Å². The van der Waals surface area contributed by atoms with Gasteiger partial charge in [0.15, 0.2) is 11.6 Å². The number of urea groups is 1. The van der Waals surface area contributed by atoms with Crippen LogP contribution < -0.4 is 5.32 Å². The number of nitrogens with zero attached hydrogens (tertiary/aromatic N) is 3. The Morgan fingerprint density at radius 3 is 2.73 bits per heavy atom. The third kappa shape index (κ3) is 3.81. The van der Waals surface area contributed by atoms with Crippen molar-refractivity contribution in [3.8, 4) is 0 Å². The van der Waals surface area contributed by atoms with Crippen molar-refractivity contribution in [2.75, 3.05) is 7.05 Å². The van der Waals surface area contributed by atoms with Gasteiger partial charge in [0.2, 0.25) is 0 Å². The molecule has 5 nitrogen and oxygen atoms in total. The van der Waals surface area contributed by atoms with Crippen LogP contribution in [0.2, 0.25) is 0 Å². The number of halogens is 2. The lowest BCUT2D eigenvalue weighted by Gasteiger charge is -2.21. The average molecular weight is 308 g/mol. The van der Waals surface area contributed by atoms with E-state index in [2.05, 4.69) is 10.4 Å². The van der Waals surface area contributed by atoms with Crippen molar-refractivity contribution in [1.29, 1.82) is 0 Å². The quantitative estimate of drug-likeness (QED) is 0.944. The number of carbonyl (C=O) groups excluding carboxylic acids is 1. The van der Waals surface area contributed by atoms with E-state index < -0.39 is 17.7 Å². The van der Waals surface area contributed by atoms with Crippen LogP contribution in [0.25, 0.3) is 0 Å². The number of benzene rings is 1. The zero-order valence-corrected chi connectivity index (χ0v) is 12.7. The number of nitrogens with one attached hydrogen (secondary N) is 1. The molecule has 1 atom stereocenters. The van der Waals surface area contributed by atoms with Crippen LogP contribution in [0.5, 0.6) is 0 Å². The maximum absolute atomic E-state index is 13.2. The molecule has 0 radical (unpaired) electrons. The summed E-state index contributed by atoms with van der Waals surface area (Å²) in [4.78, 5) is 13.6. The Morgan fingerprint density at radius 2 is 2.14 bits per heavy atom. The van der Waals surface area contributed by atoms with Crippen molar-refractivity contribution < 1.29 is 13.6 Å². The van der Waals surface area contributed by atoms with Crippen LogP contribution in [0.1, 0.15) is 24.1 Å². The minimum Gasteiger partial charge on any atom is -0.331 e. The second-order valence-corrected chi connectivity index (χ2v) is 5.22. The van der Waals surface area contributed by atoms with E-state index in [1.165, 1.54) is 11.0 Å². The van der Waals surface area contributed by atoms with E-state index in [-0.39, 0.29) is 6.03 Å². The minimum absolute atomic E-state index is 0.305. The van der Waals surface area contributed by atoms with Crippen LogP contribution in [0.15, 0.2) is 30.6 Å². The van der Waals surface area contributed by atoms with Gasteiger partial charge in [0.1, 0.15) is 0 Å². The molecule has 1 heterocycles. The van der Waals surface area contributed by atoms with Crippen LogP contribution in [-0.4, -0.2) is 27.8 Å². The molecule has 0 aliphatic carbocycles. The fourth-order valence-corrected chi connectivity index (χ4v) is 2.06. The summed E-state index contributed by atoms with van der Waals surface area (Å²) < 4.78 is 27.8. The summed E-state index contributed by atoms with van der Waals surface area (Å²) in [6, 6.07) is 2.85. The maximum Gasteiger partial charge on any atom is 0.317 e. The summed E-state index contributed by atoms with van der Waals surface area (Å²) in [5.41, 5.74) is 1.41. The summed E-state index contributed by atoms with van der Waals surface area (Å²) in [6.45, 7) is 2.12. The lowest BCUT2D eigenvalue weighted by Crippen LogP contribution is -2.38. The van der Waals surface area contributed by atoms with Gasteiger partial charge in [-0.1, -0.05) is 6.07 Å². The van der Waals surface area contributed by atoms with Gasteiger partial charge in [0.05, 0.1) is 18.8 Å². The van der Waals surface area contributed by atoms with Gasteiger partial charge in [-0.3, -0.25) is 4.68 Å². The predicted octanol–water partition coefficient (Wildman–Crippen LogP) is 2.60. The first-order valence-corrected chi connectivity index (χ1v) is 6.81. The Morgan fingerprint density at radius 1 is 1.41 bits per heavy atom. The molecule has 2 amide bonds. The number of carbonyl (C=O) groups is 1. The molecule has 1 unspecified atom stereocenters. The molecule has 2 aromatic rings. The van der Waals surface area contributed by atoms with Gasteiger partial charge >= 0.3 is 6.03 Å². The van der Waals surface area contributed by atoms with Gasteiger partial charge in [0.25, 0.3) is 0 Å². The highest BCUT2D eigenvalue weighted by atomic mass is 19.2. The Labute approximate surface area is 127 Å². The van der Waals surface area contributed by atoms with Gasteiger partial charge in [-0.15, -0.1) is 0 Å². The number of aromatic nitrogens is 2. The average Bonchev–Trinajstić information content (AvgIpc) is 2.86. The first-order chi connectivity index (χ1) is 10.4. The number of rotatable bonds is 4. The Bertz CT molecular complexity index is 671. The fraction of sp³-hybridized carbons (Fsp3) is 0.333. The van der Waals surface area contributed by atoms with Crippen molar-refractivity contribution in [1.82, 2.24) is 20.0 Å². The highest BCUT2D eigenvalue weighted by Gasteiger charge is 2.15. The van der Waals surface area contributed by atoms with Crippen LogP contribution in [0.4, 0.5) is 13.6 Å². The summed E-state index contributed by atoms with van der Waals surface area (Å²) >= 11 is 0. The monoisotopic (exact) mass is 308 g/mol. The second-order valence-electron chi connectivity index (χ2n) is 5.22. The molecule has 22 heavy (non-hydrogen) atoms. The van der Waals surface area contributed by atoms with E-state index in [0.29, 0.717) is 12.1 Å². The maximum atomic E-state index is 13.2. The minimum atomic E-state index is -0.928. The van der Waals surface area contributed by atoms with E-state index in [0.717, 1.165) is 17.7 Å². The first-order valence-electron chi connectivity index (χ1n) is 6.81. The molecule has 1 aromatic carbocycles. The van der Waals surface area contributed by atoms with Crippen LogP contribution in [-0.2, 0) is 13.6 Å². The van der Waals surface area contributed by atoms with E-state index in [1.807, 2.05) is 6.20 Å². The van der Waals surface area contributed by atoms with Gasteiger partial charge in [0, 0.05) is 25.9 Å². The third-order valence-electron chi connectivity index (χ3n) is 3.31. The van der Waals surface area contributed by atoms with Crippen molar-refractivity contribution in [3.05, 3.63) is 53.4 Å². The molecule has 0 bridgehead atoms. The van der Waals surface area contributed by atoms with E-state index in [9.17, 15) is 13.6 Å². The van der Waals surface area contributed by atoms with Crippen molar-refractivity contribution in [2.24, 2.45) is 7.05 Å².